The Bertz CT molecular complexity index is 679. The average molecular weight is 324 g/mol. The first-order valence-electron chi connectivity index (χ1n) is 8.16. The van der Waals surface area contributed by atoms with E-state index in [4.69, 9.17) is 0 Å². The third-order valence-corrected chi connectivity index (χ3v) is 3.86. The monoisotopic (exact) mass is 324 g/mol. The SMILES string of the molecule is Cc1ccc(C(=O)N[C@H](C(=O)NCc2ccccc2)C(C)C)cc1. The van der Waals surface area contributed by atoms with Crippen LogP contribution in [0, 0.1) is 12.8 Å². The van der Waals surface area contributed by atoms with Gasteiger partial charge in [0.05, 0.1) is 0 Å². The van der Waals surface area contributed by atoms with Gasteiger partial charge in [-0.05, 0) is 30.5 Å². The van der Waals surface area contributed by atoms with Crippen molar-refractivity contribution in [2.24, 2.45) is 5.92 Å². The summed E-state index contributed by atoms with van der Waals surface area (Å²) in [7, 11) is 0. The minimum atomic E-state index is -0.567. The van der Waals surface area contributed by atoms with Gasteiger partial charge in [-0.25, -0.2) is 0 Å². The highest BCUT2D eigenvalue weighted by atomic mass is 16.2. The van der Waals surface area contributed by atoms with E-state index in [1.807, 2.05) is 63.2 Å². The summed E-state index contributed by atoms with van der Waals surface area (Å²) < 4.78 is 0. The molecule has 2 amide bonds. The van der Waals surface area contributed by atoms with E-state index in [0.29, 0.717) is 12.1 Å². The number of aryl methyl sites for hydroxylation is 1. The van der Waals surface area contributed by atoms with E-state index in [0.717, 1.165) is 11.1 Å². The molecule has 0 spiro atoms. The van der Waals surface area contributed by atoms with Crippen molar-refractivity contribution in [1.29, 1.82) is 0 Å². The van der Waals surface area contributed by atoms with Gasteiger partial charge in [0.2, 0.25) is 5.91 Å². The molecule has 2 aromatic carbocycles. The van der Waals surface area contributed by atoms with Crippen molar-refractivity contribution in [2.45, 2.75) is 33.4 Å². The van der Waals surface area contributed by atoms with Gasteiger partial charge in [-0.3, -0.25) is 9.59 Å². The second-order valence-electron chi connectivity index (χ2n) is 6.26. The molecule has 0 fully saturated rings. The van der Waals surface area contributed by atoms with Crippen LogP contribution in [0.1, 0.15) is 35.3 Å². The third kappa shape index (κ3) is 4.95. The summed E-state index contributed by atoms with van der Waals surface area (Å²) in [6.07, 6.45) is 0. The molecule has 4 heteroatoms. The fourth-order valence-corrected chi connectivity index (χ4v) is 2.36. The summed E-state index contributed by atoms with van der Waals surface area (Å²) in [5, 5.41) is 5.73. The predicted octanol–water partition coefficient (Wildman–Crippen LogP) is 3.07. The molecule has 24 heavy (non-hydrogen) atoms. The van der Waals surface area contributed by atoms with Crippen LogP contribution in [0.3, 0.4) is 0 Å². The molecule has 0 aromatic heterocycles. The third-order valence-electron chi connectivity index (χ3n) is 3.86. The zero-order chi connectivity index (χ0) is 17.5. The van der Waals surface area contributed by atoms with Crippen molar-refractivity contribution in [3.8, 4) is 0 Å². The molecule has 0 aliphatic rings. The molecule has 2 N–H and O–H groups in total. The summed E-state index contributed by atoms with van der Waals surface area (Å²) in [6, 6.07) is 16.4. The average Bonchev–Trinajstić information content (AvgIpc) is 2.58. The zero-order valence-corrected chi connectivity index (χ0v) is 14.4. The maximum atomic E-state index is 12.5. The number of amides is 2. The van der Waals surface area contributed by atoms with Gasteiger partial charge in [-0.15, -0.1) is 0 Å². The van der Waals surface area contributed by atoms with Crippen LogP contribution in [0.25, 0.3) is 0 Å². The lowest BCUT2D eigenvalue weighted by Crippen LogP contribution is -2.49. The lowest BCUT2D eigenvalue weighted by atomic mass is 10.0. The van der Waals surface area contributed by atoms with Gasteiger partial charge in [-0.1, -0.05) is 61.9 Å². The van der Waals surface area contributed by atoms with Gasteiger partial charge in [0, 0.05) is 12.1 Å². The molecule has 0 bridgehead atoms. The maximum absolute atomic E-state index is 12.5. The summed E-state index contributed by atoms with van der Waals surface area (Å²) in [6.45, 7) is 6.25. The summed E-state index contributed by atoms with van der Waals surface area (Å²) in [4.78, 5) is 24.8. The number of nitrogens with one attached hydrogen (secondary N) is 2. The van der Waals surface area contributed by atoms with Crippen molar-refractivity contribution in [1.82, 2.24) is 10.6 Å². The van der Waals surface area contributed by atoms with E-state index >= 15 is 0 Å². The molecule has 0 saturated carbocycles. The Balaban J connectivity index is 1.99. The standard InChI is InChI=1S/C20H24N2O2/c1-14(2)18(20(24)21-13-16-7-5-4-6-8-16)22-19(23)17-11-9-15(3)10-12-17/h4-12,14,18H,13H2,1-3H3,(H,21,24)(H,22,23)/t18-/m0/s1. The van der Waals surface area contributed by atoms with Crippen molar-refractivity contribution in [3.63, 3.8) is 0 Å². The number of hydrogen-bond acceptors (Lipinski definition) is 2. The highest BCUT2D eigenvalue weighted by molar-refractivity contribution is 5.97. The van der Waals surface area contributed by atoms with Crippen molar-refractivity contribution in [3.05, 3.63) is 71.3 Å². The normalized spacial score (nSPS) is 11.8. The minimum absolute atomic E-state index is 0.00447. The van der Waals surface area contributed by atoms with Crippen LogP contribution in [-0.4, -0.2) is 17.9 Å². The van der Waals surface area contributed by atoms with Gasteiger partial charge in [0.25, 0.3) is 5.91 Å². The van der Waals surface area contributed by atoms with Gasteiger partial charge >= 0.3 is 0 Å². The van der Waals surface area contributed by atoms with Crippen LogP contribution in [-0.2, 0) is 11.3 Å². The quantitative estimate of drug-likeness (QED) is 0.858. The number of carbonyl (C=O) groups excluding carboxylic acids is 2. The summed E-state index contributed by atoms with van der Waals surface area (Å²) in [5.74, 6) is -0.409. The van der Waals surface area contributed by atoms with Crippen LogP contribution in [0.5, 0.6) is 0 Å². The fourth-order valence-electron chi connectivity index (χ4n) is 2.36. The highest BCUT2D eigenvalue weighted by Gasteiger charge is 2.24. The Labute approximate surface area is 143 Å². The second kappa shape index (κ2) is 8.29. The first-order chi connectivity index (χ1) is 11.5. The number of hydrogen-bond donors (Lipinski definition) is 2. The van der Waals surface area contributed by atoms with Gasteiger partial charge in [-0.2, -0.15) is 0 Å². The number of rotatable bonds is 6. The summed E-state index contributed by atoms with van der Waals surface area (Å²) in [5.41, 5.74) is 2.67. The van der Waals surface area contributed by atoms with Gasteiger partial charge < -0.3 is 10.6 Å². The van der Waals surface area contributed by atoms with Crippen LogP contribution in [0.4, 0.5) is 0 Å². The van der Waals surface area contributed by atoms with Crippen molar-refractivity contribution >= 4 is 11.8 Å². The van der Waals surface area contributed by atoms with Crippen molar-refractivity contribution in [2.75, 3.05) is 0 Å². The van der Waals surface area contributed by atoms with Gasteiger partial charge in [0.15, 0.2) is 0 Å². The molecule has 0 aliphatic heterocycles. The molecule has 0 aliphatic carbocycles. The Hall–Kier alpha value is -2.62. The molecule has 4 nitrogen and oxygen atoms in total. The van der Waals surface area contributed by atoms with Crippen molar-refractivity contribution < 1.29 is 9.59 Å². The molecule has 126 valence electrons. The minimum Gasteiger partial charge on any atom is -0.350 e. The van der Waals surface area contributed by atoms with Crippen LogP contribution in [0.15, 0.2) is 54.6 Å². The maximum Gasteiger partial charge on any atom is 0.251 e. The smallest absolute Gasteiger partial charge is 0.251 e. The predicted molar refractivity (Wildman–Crippen MR) is 95.6 cm³/mol. The largest absolute Gasteiger partial charge is 0.350 e. The molecule has 1 atom stereocenters. The van der Waals surface area contributed by atoms with E-state index in [1.54, 1.807) is 12.1 Å². The lowest BCUT2D eigenvalue weighted by molar-refractivity contribution is -0.124. The molecular formula is C20H24N2O2. The van der Waals surface area contributed by atoms with E-state index in [2.05, 4.69) is 10.6 Å². The topological polar surface area (TPSA) is 58.2 Å². The Morgan fingerprint density at radius 3 is 2.17 bits per heavy atom. The van der Waals surface area contributed by atoms with Crippen LogP contribution >= 0.6 is 0 Å². The molecule has 0 heterocycles. The number of carbonyl (C=O) groups is 2. The van der Waals surface area contributed by atoms with E-state index in [1.165, 1.54) is 0 Å². The first kappa shape index (κ1) is 17.7. The van der Waals surface area contributed by atoms with Crippen LogP contribution < -0.4 is 10.6 Å². The molecular weight excluding hydrogens is 300 g/mol. The number of benzene rings is 2. The highest BCUT2D eigenvalue weighted by Crippen LogP contribution is 2.07. The molecule has 2 rings (SSSR count). The zero-order valence-electron chi connectivity index (χ0n) is 14.4. The van der Waals surface area contributed by atoms with E-state index < -0.39 is 6.04 Å². The van der Waals surface area contributed by atoms with E-state index in [-0.39, 0.29) is 17.7 Å². The Morgan fingerprint density at radius 1 is 0.958 bits per heavy atom. The Kier molecular flexibility index (Phi) is 6.13. The summed E-state index contributed by atoms with van der Waals surface area (Å²) >= 11 is 0. The van der Waals surface area contributed by atoms with E-state index in [9.17, 15) is 9.59 Å². The fraction of sp³-hybridized carbons (Fsp3) is 0.300. The molecule has 0 unspecified atom stereocenters. The first-order valence-corrected chi connectivity index (χ1v) is 8.16. The lowest BCUT2D eigenvalue weighted by Gasteiger charge is -2.22. The Morgan fingerprint density at radius 2 is 1.58 bits per heavy atom. The van der Waals surface area contributed by atoms with Gasteiger partial charge in [0.1, 0.15) is 6.04 Å². The molecule has 2 aromatic rings. The molecule has 0 radical (unpaired) electrons. The molecule has 0 saturated heterocycles. The van der Waals surface area contributed by atoms with Crippen LogP contribution in [0.2, 0.25) is 0 Å². The second-order valence-corrected chi connectivity index (χ2v) is 6.26.